The quantitative estimate of drug-likeness (QED) is 0.471. The molecule has 0 bridgehead atoms. The van der Waals surface area contributed by atoms with E-state index < -0.39 is 0 Å². The standard InChI is InChI=1S/C27H46N2O.ClH/c1-7-8-9-10-11-12-13-14-15-16-18-29-19-17-23-21(2)20-22(3)24(25(23)29)28-26(30)27(4,5)6;/h20H,7-19H2,1-6H3,(H,28,30);1H. The normalized spacial score (nSPS) is 15.5. The average Bonchev–Trinajstić information content (AvgIpc) is 3.10. The third-order valence-corrected chi connectivity index (χ3v) is 6.64. The van der Waals surface area contributed by atoms with Crippen LogP contribution in [0.5, 0.6) is 0 Å². The smallest absolute Gasteiger partial charge is 0.229 e. The van der Waals surface area contributed by atoms with Crippen LogP contribution in [0.3, 0.4) is 0 Å². The third kappa shape index (κ3) is 8.42. The van der Waals surface area contributed by atoms with Crippen LogP contribution in [0.15, 0.2) is 6.07 Å². The molecule has 1 heterocycles. The van der Waals surface area contributed by atoms with Crippen LogP contribution < -0.4 is 22.6 Å². The number of rotatable bonds is 12. The highest BCUT2D eigenvalue weighted by Crippen LogP contribution is 2.34. The van der Waals surface area contributed by atoms with Crippen LogP contribution in [0.25, 0.3) is 0 Å². The fourth-order valence-electron chi connectivity index (χ4n) is 4.68. The number of unbranched alkanes of at least 4 members (excludes halogenated alkanes) is 9. The zero-order valence-electron chi connectivity index (χ0n) is 21.1. The van der Waals surface area contributed by atoms with E-state index in [1.807, 2.05) is 20.8 Å². The maximum absolute atomic E-state index is 12.7. The largest absolute Gasteiger partial charge is 1.00 e. The Bertz CT molecular complexity index is 693. The molecular weight excluding hydrogens is 404 g/mol. The van der Waals surface area contributed by atoms with Gasteiger partial charge >= 0.3 is 0 Å². The highest BCUT2D eigenvalue weighted by atomic mass is 35.5. The first-order chi connectivity index (χ1) is 14.3. The number of halogens is 1. The number of anilines is 1. The Morgan fingerprint density at radius 1 is 0.935 bits per heavy atom. The summed E-state index contributed by atoms with van der Waals surface area (Å²) >= 11 is 0. The lowest BCUT2D eigenvalue weighted by atomic mass is 9.94. The number of nitrogens with one attached hydrogen (secondary N) is 2. The number of carbonyl (C=O) groups is 1. The van der Waals surface area contributed by atoms with Gasteiger partial charge in [-0.2, -0.15) is 0 Å². The van der Waals surface area contributed by atoms with Gasteiger partial charge in [0.05, 0.1) is 13.1 Å². The number of fused-ring (bicyclic) bond motifs is 1. The molecule has 0 saturated carbocycles. The summed E-state index contributed by atoms with van der Waals surface area (Å²) in [5.41, 5.74) is 6.13. The van der Waals surface area contributed by atoms with Crippen molar-refractivity contribution in [2.24, 2.45) is 5.41 Å². The molecule has 0 fully saturated rings. The minimum Gasteiger partial charge on any atom is -1.00 e. The summed E-state index contributed by atoms with van der Waals surface area (Å²) in [6, 6.07) is 2.25. The minimum atomic E-state index is -0.375. The maximum atomic E-state index is 12.7. The number of carbonyl (C=O) groups excluding carboxylic acids is 1. The fraction of sp³-hybridized carbons (Fsp3) is 0.741. The van der Waals surface area contributed by atoms with Gasteiger partial charge in [0.2, 0.25) is 5.91 Å². The van der Waals surface area contributed by atoms with E-state index in [4.69, 9.17) is 0 Å². The Morgan fingerprint density at radius 3 is 2.03 bits per heavy atom. The van der Waals surface area contributed by atoms with Gasteiger partial charge in [-0.15, -0.1) is 0 Å². The van der Waals surface area contributed by atoms with Crippen LogP contribution in [0.1, 0.15) is 109 Å². The van der Waals surface area contributed by atoms with Crippen molar-refractivity contribution >= 4 is 17.3 Å². The molecule has 0 spiro atoms. The van der Waals surface area contributed by atoms with E-state index >= 15 is 0 Å². The third-order valence-electron chi connectivity index (χ3n) is 6.64. The average molecular weight is 451 g/mol. The summed E-state index contributed by atoms with van der Waals surface area (Å²) in [5, 5.41) is 3.29. The molecule has 1 unspecified atom stereocenters. The van der Waals surface area contributed by atoms with E-state index in [9.17, 15) is 4.79 Å². The lowest BCUT2D eigenvalue weighted by Gasteiger charge is -2.23. The highest BCUT2D eigenvalue weighted by molar-refractivity contribution is 5.97. The first-order valence-corrected chi connectivity index (χ1v) is 12.5. The molecule has 0 aromatic heterocycles. The van der Waals surface area contributed by atoms with Crippen molar-refractivity contribution in [1.29, 1.82) is 0 Å². The van der Waals surface area contributed by atoms with Gasteiger partial charge in [-0.3, -0.25) is 4.79 Å². The molecule has 0 saturated heterocycles. The Hall–Kier alpha value is -1.06. The Kier molecular flexibility index (Phi) is 12.2. The van der Waals surface area contributed by atoms with E-state index in [1.54, 1.807) is 4.90 Å². The lowest BCUT2D eigenvalue weighted by Crippen LogP contribution is -3.06. The molecule has 3 nitrogen and oxygen atoms in total. The first kappa shape index (κ1) is 28.0. The topological polar surface area (TPSA) is 33.5 Å². The first-order valence-electron chi connectivity index (χ1n) is 12.5. The van der Waals surface area contributed by atoms with Gasteiger partial charge in [0.25, 0.3) is 0 Å². The Balaban J connectivity index is 0.00000480. The predicted molar refractivity (Wildman–Crippen MR) is 130 cm³/mol. The molecule has 178 valence electrons. The number of hydrogen-bond donors (Lipinski definition) is 2. The van der Waals surface area contributed by atoms with Gasteiger partial charge < -0.3 is 22.6 Å². The summed E-state index contributed by atoms with van der Waals surface area (Å²) < 4.78 is 0. The van der Waals surface area contributed by atoms with Gasteiger partial charge in [-0.1, -0.05) is 85.1 Å². The molecule has 4 heteroatoms. The maximum Gasteiger partial charge on any atom is 0.229 e. The van der Waals surface area contributed by atoms with Gasteiger partial charge in [0, 0.05) is 17.4 Å². The molecule has 1 amide bonds. The molecule has 1 atom stereocenters. The molecule has 1 aliphatic rings. The summed E-state index contributed by atoms with van der Waals surface area (Å²) in [4.78, 5) is 14.3. The summed E-state index contributed by atoms with van der Waals surface area (Å²) in [5.74, 6) is 0.113. The molecule has 0 aliphatic carbocycles. The second kappa shape index (κ2) is 13.5. The zero-order chi connectivity index (χ0) is 22.1. The molecule has 1 aliphatic heterocycles. The minimum absolute atomic E-state index is 0. The van der Waals surface area contributed by atoms with Gasteiger partial charge in [0.15, 0.2) is 5.69 Å². The summed E-state index contributed by atoms with van der Waals surface area (Å²) in [6.45, 7) is 15.0. The van der Waals surface area contributed by atoms with E-state index in [0.717, 1.165) is 18.7 Å². The van der Waals surface area contributed by atoms with E-state index in [-0.39, 0.29) is 23.7 Å². The number of aryl methyl sites for hydroxylation is 2. The second-order valence-corrected chi connectivity index (χ2v) is 10.5. The summed E-state index contributed by atoms with van der Waals surface area (Å²) in [6.07, 6.45) is 14.9. The number of hydrogen-bond acceptors (Lipinski definition) is 1. The van der Waals surface area contributed by atoms with Crippen molar-refractivity contribution in [1.82, 2.24) is 0 Å². The van der Waals surface area contributed by atoms with Crippen molar-refractivity contribution in [3.05, 3.63) is 22.8 Å². The second-order valence-electron chi connectivity index (χ2n) is 10.5. The van der Waals surface area contributed by atoms with Crippen LogP contribution in [0, 0.1) is 19.3 Å². The lowest BCUT2D eigenvalue weighted by molar-refractivity contribution is -0.825. The van der Waals surface area contributed by atoms with Crippen LogP contribution >= 0.6 is 0 Å². The van der Waals surface area contributed by atoms with E-state index in [2.05, 4.69) is 32.2 Å². The highest BCUT2D eigenvalue weighted by Gasteiger charge is 2.32. The molecular formula is C27H47ClN2O. The zero-order valence-corrected chi connectivity index (χ0v) is 21.8. The van der Waals surface area contributed by atoms with Gasteiger partial charge in [-0.25, -0.2) is 0 Å². The van der Waals surface area contributed by atoms with Crippen molar-refractivity contribution in [3.8, 4) is 0 Å². The molecule has 2 N–H and O–H groups in total. The Morgan fingerprint density at radius 2 is 1.48 bits per heavy atom. The fourth-order valence-corrected chi connectivity index (χ4v) is 4.68. The SMILES string of the molecule is CCCCCCCCCCCC[NH+]1CCc2c(C)cc(C)c(NC(=O)C(C)(C)C)c21.[Cl-]. The molecule has 1 aromatic rings. The van der Waals surface area contributed by atoms with Crippen LogP contribution in [-0.4, -0.2) is 19.0 Å². The van der Waals surface area contributed by atoms with E-state index in [1.165, 1.54) is 93.1 Å². The molecule has 0 radical (unpaired) electrons. The number of benzene rings is 1. The van der Waals surface area contributed by atoms with Crippen molar-refractivity contribution in [3.63, 3.8) is 0 Å². The van der Waals surface area contributed by atoms with Crippen LogP contribution in [0.4, 0.5) is 11.4 Å². The monoisotopic (exact) mass is 450 g/mol. The van der Waals surface area contributed by atoms with Crippen LogP contribution in [-0.2, 0) is 11.2 Å². The number of amides is 1. The predicted octanol–water partition coefficient (Wildman–Crippen LogP) is 3.29. The molecule has 2 rings (SSSR count). The van der Waals surface area contributed by atoms with Gasteiger partial charge in [-0.05, 0) is 37.8 Å². The van der Waals surface area contributed by atoms with Crippen molar-refractivity contribution in [2.45, 2.75) is 112 Å². The van der Waals surface area contributed by atoms with E-state index in [0.29, 0.717) is 0 Å². The Labute approximate surface area is 198 Å². The molecule has 1 aromatic carbocycles. The summed E-state index contributed by atoms with van der Waals surface area (Å²) in [7, 11) is 0. The van der Waals surface area contributed by atoms with Gasteiger partial charge in [0.1, 0.15) is 5.69 Å². The molecule has 31 heavy (non-hydrogen) atoms. The number of quaternary nitrogens is 1. The van der Waals surface area contributed by atoms with Crippen molar-refractivity contribution in [2.75, 3.05) is 18.4 Å². The van der Waals surface area contributed by atoms with Crippen LogP contribution in [0.2, 0.25) is 0 Å². The van der Waals surface area contributed by atoms with Crippen molar-refractivity contribution < 1.29 is 22.1 Å².